The van der Waals surface area contributed by atoms with Crippen LogP contribution in [-0.4, -0.2) is 25.0 Å². The molecule has 0 aliphatic heterocycles. The van der Waals surface area contributed by atoms with Gasteiger partial charge < -0.3 is 10.1 Å². The first-order valence-corrected chi connectivity index (χ1v) is 3.98. The zero-order chi connectivity index (χ0) is 9.84. The highest BCUT2D eigenvalue weighted by Crippen LogP contribution is 2.18. The van der Waals surface area contributed by atoms with Gasteiger partial charge in [0, 0.05) is 13.2 Å². The van der Waals surface area contributed by atoms with Crippen molar-refractivity contribution < 1.29 is 9.53 Å². The maximum absolute atomic E-state index is 11.3. The van der Waals surface area contributed by atoms with E-state index in [1.807, 2.05) is 0 Å². The third kappa shape index (κ3) is 2.09. The first-order valence-electron chi connectivity index (χ1n) is 3.60. The molecule has 0 spiro atoms. The van der Waals surface area contributed by atoms with Gasteiger partial charge in [0.2, 0.25) is 5.88 Å². The standard InChI is InChI=1S/C8H9ClN2O2/c1-10-7(12)6-3-5(9)4-11-8(6)13-2/h3-4H,1-2H3,(H,10,12). The predicted molar refractivity (Wildman–Crippen MR) is 49.2 cm³/mol. The number of nitrogens with zero attached hydrogens (tertiary/aromatic N) is 1. The zero-order valence-corrected chi connectivity index (χ0v) is 8.05. The summed E-state index contributed by atoms with van der Waals surface area (Å²) in [6.45, 7) is 0. The van der Waals surface area contributed by atoms with Crippen LogP contribution in [0.2, 0.25) is 5.02 Å². The predicted octanol–water partition coefficient (Wildman–Crippen LogP) is 1.10. The quantitative estimate of drug-likeness (QED) is 0.778. The van der Waals surface area contributed by atoms with E-state index >= 15 is 0 Å². The second kappa shape index (κ2) is 4.09. The maximum atomic E-state index is 11.3. The van der Waals surface area contributed by atoms with Crippen molar-refractivity contribution in [2.24, 2.45) is 0 Å². The SMILES string of the molecule is CNC(=O)c1cc(Cl)cnc1OC. The molecule has 0 aliphatic rings. The van der Waals surface area contributed by atoms with Crippen LogP contribution in [0.15, 0.2) is 12.3 Å². The van der Waals surface area contributed by atoms with Crippen LogP contribution in [0.3, 0.4) is 0 Å². The van der Waals surface area contributed by atoms with E-state index in [1.54, 1.807) is 0 Å². The largest absolute Gasteiger partial charge is 0.480 e. The number of aromatic nitrogens is 1. The monoisotopic (exact) mass is 200 g/mol. The molecule has 1 amide bonds. The van der Waals surface area contributed by atoms with Crippen molar-refractivity contribution in [2.75, 3.05) is 14.2 Å². The van der Waals surface area contributed by atoms with Gasteiger partial charge in [-0.15, -0.1) is 0 Å². The summed E-state index contributed by atoms with van der Waals surface area (Å²) in [6, 6.07) is 1.51. The average Bonchev–Trinajstić information content (AvgIpc) is 2.16. The second-order valence-corrected chi connectivity index (χ2v) is 2.73. The van der Waals surface area contributed by atoms with Gasteiger partial charge in [0.05, 0.1) is 12.1 Å². The topological polar surface area (TPSA) is 51.2 Å². The van der Waals surface area contributed by atoms with Gasteiger partial charge in [0.1, 0.15) is 5.56 Å². The number of halogens is 1. The molecule has 1 N–H and O–H groups in total. The van der Waals surface area contributed by atoms with Crippen molar-refractivity contribution in [1.29, 1.82) is 0 Å². The molecular formula is C8H9ClN2O2. The van der Waals surface area contributed by atoms with Crippen molar-refractivity contribution in [3.8, 4) is 5.88 Å². The number of carbonyl (C=O) groups is 1. The van der Waals surface area contributed by atoms with E-state index in [9.17, 15) is 4.79 Å². The van der Waals surface area contributed by atoms with Crippen LogP contribution >= 0.6 is 11.6 Å². The zero-order valence-electron chi connectivity index (χ0n) is 7.30. The number of rotatable bonds is 2. The first kappa shape index (κ1) is 9.80. The molecule has 13 heavy (non-hydrogen) atoms. The van der Waals surface area contributed by atoms with E-state index in [0.717, 1.165) is 0 Å². The van der Waals surface area contributed by atoms with Gasteiger partial charge in [-0.25, -0.2) is 4.98 Å². The smallest absolute Gasteiger partial charge is 0.256 e. The molecule has 4 nitrogen and oxygen atoms in total. The third-order valence-corrected chi connectivity index (χ3v) is 1.69. The number of hydrogen-bond acceptors (Lipinski definition) is 3. The molecule has 0 bridgehead atoms. The van der Waals surface area contributed by atoms with Crippen molar-refractivity contribution in [1.82, 2.24) is 10.3 Å². The van der Waals surface area contributed by atoms with Crippen LogP contribution in [0.4, 0.5) is 0 Å². The fourth-order valence-corrected chi connectivity index (χ4v) is 1.04. The summed E-state index contributed by atoms with van der Waals surface area (Å²) in [7, 11) is 2.98. The summed E-state index contributed by atoms with van der Waals surface area (Å²) in [5, 5.41) is 2.87. The highest BCUT2D eigenvalue weighted by Gasteiger charge is 2.11. The maximum Gasteiger partial charge on any atom is 0.256 e. The van der Waals surface area contributed by atoms with Crippen LogP contribution in [0, 0.1) is 0 Å². The minimum Gasteiger partial charge on any atom is -0.480 e. The Hall–Kier alpha value is -1.29. The fraction of sp³-hybridized carbons (Fsp3) is 0.250. The molecule has 1 rings (SSSR count). The summed E-state index contributed by atoms with van der Waals surface area (Å²) in [4.78, 5) is 15.1. The molecule has 5 heteroatoms. The Bertz CT molecular complexity index is 328. The van der Waals surface area contributed by atoms with Gasteiger partial charge in [0.15, 0.2) is 0 Å². The van der Waals surface area contributed by atoms with Crippen molar-refractivity contribution in [3.63, 3.8) is 0 Å². The van der Waals surface area contributed by atoms with Crippen LogP contribution in [0.5, 0.6) is 5.88 Å². The van der Waals surface area contributed by atoms with E-state index in [-0.39, 0.29) is 11.8 Å². The van der Waals surface area contributed by atoms with Gasteiger partial charge in [0.25, 0.3) is 5.91 Å². The minimum atomic E-state index is -0.271. The Morgan fingerprint density at radius 1 is 1.69 bits per heavy atom. The summed E-state index contributed by atoms with van der Waals surface area (Å²) < 4.78 is 4.89. The highest BCUT2D eigenvalue weighted by atomic mass is 35.5. The van der Waals surface area contributed by atoms with Crippen molar-refractivity contribution in [3.05, 3.63) is 22.8 Å². The van der Waals surface area contributed by atoms with Gasteiger partial charge in [-0.3, -0.25) is 4.79 Å². The summed E-state index contributed by atoms with van der Waals surface area (Å²) in [5.41, 5.74) is 0.331. The lowest BCUT2D eigenvalue weighted by Gasteiger charge is -2.05. The van der Waals surface area contributed by atoms with E-state index in [1.165, 1.54) is 26.4 Å². The molecule has 70 valence electrons. The number of methoxy groups -OCH3 is 1. The number of hydrogen-bond donors (Lipinski definition) is 1. The van der Waals surface area contributed by atoms with Crippen LogP contribution in [0.1, 0.15) is 10.4 Å². The molecule has 0 unspecified atom stereocenters. The molecule has 1 aromatic heterocycles. The van der Waals surface area contributed by atoms with Crippen LogP contribution in [-0.2, 0) is 0 Å². The lowest BCUT2D eigenvalue weighted by atomic mass is 10.2. The molecule has 0 aromatic carbocycles. The number of pyridine rings is 1. The van der Waals surface area contributed by atoms with E-state index in [2.05, 4.69) is 10.3 Å². The fourth-order valence-electron chi connectivity index (χ4n) is 0.887. The highest BCUT2D eigenvalue weighted by molar-refractivity contribution is 6.30. The first-order chi connectivity index (χ1) is 6.19. The van der Waals surface area contributed by atoms with Gasteiger partial charge in [-0.05, 0) is 6.07 Å². The lowest BCUT2D eigenvalue weighted by molar-refractivity contribution is 0.0959. The summed E-state index contributed by atoms with van der Waals surface area (Å²) >= 11 is 5.68. The van der Waals surface area contributed by atoms with E-state index in [0.29, 0.717) is 10.6 Å². The lowest BCUT2D eigenvalue weighted by Crippen LogP contribution is -2.19. The Balaban J connectivity index is 3.15. The molecule has 1 heterocycles. The normalized spacial score (nSPS) is 9.46. The molecule has 0 saturated carbocycles. The number of nitrogens with one attached hydrogen (secondary N) is 1. The van der Waals surface area contributed by atoms with Crippen molar-refractivity contribution in [2.45, 2.75) is 0 Å². The number of carbonyl (C=O) groups excluding carboxylic acids is 1. The number of amides is 1. The Kier molecular flexibility index (Phi) is 3.08. The summed E-state index contributed by atoms with van der Waals surface area (Å²) in [6.07, 6.45) is 1.42. The molecule has 0 radical (unpaired) electrons. The second-order valence-electron chi connectivity index (χ2n) is 2.29. The third-order valence-electron chi connectivity index (χ3n) is 1.48. The van der Waals surface area contributed by atoms with Crippen molar-refractivity contribution >= 4 is 17.5 Å². The van der Waals surface area contributed by atoms with Gasteiger partial charge in [-0.2, -0.15) is 0 Å². The average molecular weight is 201 g/mol. The molecule has 0 aliphatic carbocycles. The Morgan fingerprint density at radius 2 is 2.38 bits per heavy atom. The van der Waals surface area contributed by atoms with Gasteiger partial charge >= 0.3 is 0 Å². The Labute approximate surface area is 80.9 Å². The molecule has 0 fully saturated rings. The molecule has 1 aromatic rings. The molecule has 0 atom stereocenters. The number of ether oxygens (including phenoxy) is 1. The van der Waals surface area contributed by atoms with E-state index in [4.69, 9.17) is 16.3 Å². The van der Waals surface area contributed by atoms with E-state index < -0.39 is 0 Å². The Morgan fingerprint density at radius 3 is 2.92 bits per heavy atom. The minimum absolute atomic E-state index is 0.267. The molecule has 0 saturated heterocycles. The van der Waals surface area contributed by atoms with Crippen LogP contribution in [0.25, 0.3) is 0 Å². The molecular weight excluding hydrogens is 192 g/mol. The van der Waals surface area contributed by atoms with Crippen LogP contribution < -0.4 is 10.1 Å². The van der Waals surface area contributed by atoms with Gasteiger partial charge in [-0.1, -0.05) is 11.6 Å². The summed E-state index contributed by atoms with van der Waals surface area (Å²) in [5.74, 6) is -0.00407.